The normalized spacial score (nSPS) is 20.6. The van der Waals surface area contributed by atoms with Crippen molar-refractivity contribution in [3.8, 4) is 5.75 Å². The average Bonchev–Trinajstić information content (AvgIpc) is 3.11. The SMILES string of the molecule is O=C(c1cnc2ccccc2c1)N1CC2(C[C@@H](Oc3cccnc3)CS2)C1. The Labute approximate surface area is 161 Å². The van der Waals surface area contributed by atoms with E-state index in [9.17, 15) is 4.79 Å². The van der Waals surface area contributed by atoms with E-state index in [2.05, 4.69) is 9.97 Å². The lowest BCUT2D eigenvalue weighted by Crippen LogP contribution is -2.60. The average molecular weight is 377 g/mol. The maximum atomic E-state index is 12.8. The first-order valence-electron chi connectivity index (χ1n) is 9.06. The Bertz CT molecular complexity index is 989. The Morgan fingerprint density at radius 1 is 1.19 bits per heavy atom. The van der Waals surface area contributed by atoms with E-state index < -0.39 is 0 Å². The van der Waals surface area contributed by atoms with Crippen molar-refractivity contribution in [1.82, 2.24) is 14.9 Å². The molecule has 0 radical (unpaired) electrons. The zero-order valence-corrected chi connectivity index (χ0v) is 15.6. The van der Waals surface area contributed by atoms with Crippen molar-refractivity contribution in [1.29, 1.82) is 0 Å². The highest BCUT2D eigenvalue weighted by Gasteiger charge is 2.51. The van der Waals surface area contributed by atoms with Crippen LogP contribution in [-0.4, -0.2) is 50.5 Å². The third kappa shape index (κ3) is 3.14. The van der Waals surface area contributed by atoms with Crippen LogP contribution in [0.3, 0.4) is 0 Å². The number of ether oxygens (including phenoxy) is 1. The summed E-state index contributed by atoms with van der Waals surface area (Å²) < 4.78 is 6.17. The second-order valence-corrected chi connectivity index (χ2v) is 8.69. The number of thioether (sulfide) groups is 1. The van der Waals surface area contributed by atoms with Gasteiger partial charge in [0.25, 0.3) is 5.91 Å². The third-order valence-corrected chi connectivity index (χ3v) is 6.77. The van der Waals surface area contributed by atoms with Crippen LogP contribution in [0.25, 0.3) is 10.9 Å². The number of hydrogen-bond donors (Lipinski definition) is 0. The predicted octanol–water partition coefficient (Wildman–Crippen LogP) is 3.41. The molecule has 1 atom stereocenters. The maximum absolute atomic E-state index is 12.8. The number of aromatic nitrogens is 2. The summed E-state index contributed by atoms with van der Waals surface area (Å²) in [5, 5.41) is 0.999. The molecule has 1 aromatic carbocycles. The number of para-hydroxylation sites is 1. The molecule has 6 heteroatoms. The van der Waals surface area contributed by atoms with Crippen LogP contribution in [0.5, 0.6) is 5.75 Å². The van der Waals surface area contributed by atoms with Gasteiger partial charge in [-0.15, -0.1) is 11.8 Å². The first-order valence-corrected chi connectivity index (χ1v) is 10.0. The lowest BCUT2D eigenvalue weighted by atomic mass is 9.92. The van der Waals surface area contributed by atoms with E-state index in [0.29, 0.717) is 5.56 Å². The second kappa shape index (κ2) is 6.53. The van der Waals surface area contributed by atoms with Crippen molar-refractivity contribution in [2.24, 2.45) is 0 Å². The van der Waals surface area contributed by atoms with Crippen molar-refractivity contribution in [2.45, 2.75) is 17.3 Å². The molecule has 3 aromatic rings. The van der Waals surface area contributed by atoms with Crippen molar-refractivity contribution < 1.29 is 9.53 Å². The molecular formula is C21H19N3O2S. The number of carbonyl (C=O) groups excluding carboxylic acids is 1. The van der Waals surface area contributed by atoms with Crippen LogP contribution in [0, 0.1) is 0 Å². The zero-order valence-electron chi connectivity index (χ0n) is 14.7. The molecular weight excluding hydrogens is 358 g/mol. The van der Waals surface area contributed by atoms with Crippen LogP contribution in [-0.2, 0) is 0 Å². The minimum Gasteiger partial charge on any atom is -0.488 e. The summed E-state index contributed by atoms with van der Waals surface area (Å²) in [6.07, 6.45) is 6.32. The van der Waals surface area contributed by atoms with Gasteiger partial charge < -0.3 is 9.64 Å². The van der Waals surface area contributed by atoms with Crippen molar-refractivity contribution >= 4 is 28.6 Å². The van der Waals surface area contributed by atoms with E-state index in [1.807, 2.05) is 59.1 Å². The van der Waals surface area contributed by atoms with Gasteiger partial charge in [0, 0.05) is 43.0 Å². The molecule has 0 unspecified atom stereocenters. The van der Waals surface area contributed by atoms with Gasteiger partial charge >= 0.3 is 0 Å². The van der Waals surface area contributed by atoms with Crippen molar-refractivity contribution in [2.75, 3.05) is 18.8 Å². The summed E-state index contributed by atoms with van der Waals surface area (Å²) in [4.78, 5) is 23.3. The first kappa shape index (κ1) is 16.6. The second-order valence-electron chi connectivity index (χ2n) is 7.20. The highest BCUT2D eigenvalue weighted by atomic mass is 32.2. The van der Waals surface area contributed by atoms with E-state index >= 15 is 0 Å². The molecule has 27 heavy (non-hydrogen) atoms. The van der Waals surface area contributed by atoms with Crippen LogP contribution >= 0.6 is 11.8 Å². The number of pyridine rings is 2. The number of likely N-dealkylation sites (tertiary alicyclic amines) is 1. The van der Waals surface area contributed by atoms with E-state index in [0.717, 1.165) is 41.9 Å². The van der Waals surface area contributed by atoms with Crippen LogP contribution in [0.4, 0.5) is 0 Å². The third-order valence-electron chi connectivity index (χ3n) is 5.19. The Hall–Kier alpha value is -2.60. The number of hydrogen-bond acceptors (Lipinski definition) is 5. The van der Waals surface area contributed by atoms with Gasteiger partial charge in [0.15, 0.2) is 0 Å². The standard InChI is InChI=1S/C21H19N3O2S/c25-20(16-8-15-4-1-2-6-19(15)23-10-16)24-13-21(14-24)9-18(12-27-21)26-17-5-3-7-22-11-17/h1-8,10-11,18H,9,12-14H2/t18-/m1/s1. The summed E-state index contributed by atoms with van der Waals surface area (Å²) in [5.41, 5.74) is 1.57. The van der Waals surface area contributed by atoms with Crippen LogP contribution in [0.15, 0.2) is 61.1 Å². The van der Waals surface area contributed by atoms with Crippen molar-refractivity contribution in [3.05, 3.63) is 66.6 Å². The zero-order chi connectivity index (χ0) is 18.3. The number of nitrogens with zero attached hydrogens (tertiary/aromatic N) is 3. The van der Waals surface area contributed by atoms with Gasteiger partial charge in [0.2, 0.25) is 0 Å². The van der Waals surface area contributed by atoms with Gasteiger partial charge in [0.1, 0.15) is 11.9 Å². The molecule has 2 aromatic heterocycles. The molecule has 2 aliphatic rings. The first-order chi connectivity index (χ1) is 13.2. The Morgan fingerprint density at radius 2 is 2.07 bits per heavy atom. The molecule has 1 spiro atoms. The van der Waals surface area contributed by atoms with Crippen LogP contribution in [0.1, 0.15) is 16.8 Å². The Morgan fingerprint density at radius 3 is 2.93 bits per heavy atom. The summed E-state index contributed by atoms with van der Waals surface area (Å²) in [6.45, 7) is 1.55. The number of carbonyl (C=O) groups is 1. The molecule has 0 N–H and O–H groups in total. The van der Waals surface area contributed by atoms with E-state index in [4.69, 9.17) is 4.74 Å². The monoisotopic (exact) mass is 377 g/mol. The lowest BCUT2D eigenvalue weighted by Gasteiger charge is -2.47. The molecule has 2 fully saturated rings. The van der Waals surface area contributed by atoms with Gasteiger partial charge in [-0.3, -0.25) is 14.8 Å². The molecule has 2 aliphatic heterocycles. The van der Waals surface area contributed by atoms with Gasteiger partial charge in [-0.25, -0.2) is 0 Å². The fraction of sp³-hybridized carbons (Fsp3) is 0.286. The summed E-state index contributed by atoms with van der Waals surface area (Å²) in [6, 6.07) is 13.6. The molecule has 0 bridgehead atoms. The highest BCUT2D eigenvalue weighted by Crippen LogP contribution is 2.46. The molecule has 136 valence electrons. The molecule has 0 aliphatic carbocycles. The molecule has 0 saturated carbocycles. The maximum Gasteiger partial charge on any atom is 0.255 e. The minimum atomic E-state index is 0.0658. The molecule has 5 nitrogen and oxygen atoms in total. The van der Waals surface area contributed by atoms with E-state index in [1.54, 1.807) is 18.6 Å². The number of fused-ring (bicyclic) bond motifs is 1. The number of amides is 1. The topological polar surface area (TPSA) is 55.3 Å². The highest BCUT2D eigenvalue weighted by molar-refractivity contribution is 8.01. The lowest BCUT2D eigenvalue weighted by molar-refractivity contribution is 0.0517. The van der Waals surface area contributed by atoms with Gasteiger partial charge in [-0.1, -0.05) is 18.2 Å². The summed E-state index contributed by atoms with van der Waals surface area (Å²) in [7, 11) is 0. The van der Waals surface area contributed by atoms with Gasteiger partial charge in [-0.05, 0) is 24.3 Å². The van der Waals surface area contributed by atoms with Crippen molar-refractivity contribution in [3.63, 3.8) is 0 Å². The number of rotatable bonds is 3. The molecule has 5 rings (SSSR count). The predicted molar refractivity (Wildman–Crippen MR) is 106 cm³/mol. The largest absolute Gasteiger partial charge is 0.488 e. The van der Waals surface area contributed by atoms with Crippen LogP contribution in [0.2, 0.25) is 0 Å². The Balaban J connectivity index is 1.23. The summed E-state index contributed by atoms with van der Waals surface area (Å²) in [5.74, 6) is 1.83. The smallest absolute Gasteiger partial charge is 0.255 e. The minimum absolute atomic E-state index is 0.0658. The molecule has 1 amide bonds. The van der Waals surface area contributed by atoms with Crippen LogP contribution < -0.4 is 4.74 Å². The Kier molecular flexibility index (Phi) is 4.01. The van der Waals surface area contributed by atoms with E-state index in [-0.39, 0.29) is 16.8 Å². The fourth-order valence-electron chi connectivity index (χ4n) is 3.87. The molecule has 2 saturated heterocycles. The van der Waals surface area contributed by atoms with E-state index in [1.165, 1.54) is 0 Å². The van der Waals surface area contributed by atoms with Gasteiger partial charge in [0.05, 0.1) is 22.0 Å². The quantitative estimate of drug-likeness (QED) is 0.700. The van der Waals surface area contributed by atoms with Gasteiger partial charge in [-0.2, -0.15) is 0 Å². The molecule has 4 heterocycles. The number of benzene rings is 1. The summed E-state index contributed by atoms with van der Waals surface area (Å²) >= 11 is 1.92. The fourth-order valence-corrected chi connectivity index (χ4v) is 5.39.